The maximum Gasteiger partial charge on any atom is 0.251 e. The predicted octanol–water partition coefficient (Wildman–Crippen LogP) is 2.22. The van der Waals surface area contributed by atoms with Gasteiger partial charge in [-0.25, -0.2) is 4.98 Å². The number of imidazole rings is 1. The van der Waals surface area contributed by atoms with Gasteiger partial charge in [0.05, 0.1) is 12.2 Å². The third-order valence-corrected chi connectivity index (χ3v) is 3.31. The molecule has 116 valence electrons. The summed E-state index contributed by atoms with van der Waals surface area (Å²) in [5.74, 6) is -0.328. The van der Waals surface area contributed by atoms with E-state index in [1.807, 2.05) is 35.0 Å². The van der Waals surface area contributed by atoms with E-state index in [4.69, 9.17) is 0 Å². The number of nitrogens with one attached hydrogen (secondary N) is 2. The van der Waals surface area contributed by atoms with Crippen molar-refractivity contribution in [1.82, 2.24) is 14.7 Å². The van der Waals surface area contributed by atoms with Crippen molar-refractivity contribution in [2.45, 2.75) is 13.5 Å². The molecule has 0 atom stereocenters. The second-order valence-electron chi connectivity index (χ2n) is 5.14. The summed E-state index contributed by atoms with van der Waals surface area (Å²) in [5, 5.41) is 5.49. The largest absolute Gasteiger partial charge is 0.346 e. The lowest BCUT2D eigenvalue weighted by molar-refractivity contribution is -0.114. The van der Waals surface area contributed by atoms with Crippen molar-refractivity contribution in [1.29, 1.82) is 0 Å². The topological polar surface area (TPSA) is 75.5 Å². The number of hydrogen-bond acceptors (Lipinski definition) is 3. The fraction of sp³-hybridized carbons (Fsp3) is 0.118. The van der Waals surface area contributed by atoms with Crippen LogP contribution in [0.25, 0.3) is 5.65 Å². The molecule has 2 N–H and O–H groups in total. The minimum Gasteiger partial charge on any atom is -0.346 e. The third-order valence-electron chi connectivity index (χ3n) is 3.31. The summed E-state index contributed by atoms with van der Waals surface area (Å²) < 4.78 is 1.91. The Morgan fingerprint density at radius 1 is 1.13 bits per heavy atom. The number of aromatic nitrogens is 2. The van der Waals surface area contributed by atoms with Crippen LogP contribution in [-0.4, -0.2) is 21.2 Å². The van der Waals surface area contributed by atoms with E-state index in [1.165, 1.54) is 6.92 Å². The molecule has 0 fully saturated rings. The summed E-state index contributed by atoms with van der Waals surface area (Å²) in [4.78, 5) is 27.5. The van der Waals surface area contributed by atoms with Crippen molar-refractivity contribution in [3.63, 3.8) is 0 Å². The number of benzene rings is 1. The lowest BCUT2D eigenvalue weighted by Crippen LogP contribution is -2.22. The van der Waals surface area contributed by atoms with Crippen molar-refractivity contribution in [3.05, 3.63) is 66.1 Å². The van der Waals surface area contributed by atoms with Gasteiger partial charge >= 0.3 is 0 Å². The zero-order valence-electron chi connectivity index (χ0n) is 12.6. The minimum absolute atomic E-state index is 0.144. The third kappa shape index (κ3) is 3.55. The second kappa shape index (κ2) is 6.31. The molecule has 2 amide bonds. The normalized spacial score (nSPS) is 10.5. The van der Waals surface area contributed by atoms with Gasteiger partial charge in [-0.15, -0.1) is 0 Å². The van der Waals surface area contributed by atoms with Crippen LogP contribution in [0, 0.1) is 0 Å². The van der Waals surface area contributed by atoms with Gasteiger partial charge < -0.3 is 15.0 Å². The van der Waals surface area contributed by atoms with E-state index in [9.17, 15) is 9.59 Å². The smallest absolute Gasteiger partial charge is 0.251 e. The number of carbonyl (C=O) groups excluding carboxylic acids is 2. The molecular formula is C17H16N4O2. The molecule has 0 saturated carbocycles. The molecule has 2 aromatic heterocycles. The van der Waals surface area contributed by atoms with Gasteiger partial charge in [-0.1, -0.05) is 6.07 Å². The molecule has 1 aromatic carbocycles. The van der Waals surface area contributed by atoms with E-state index in [2.05, 4.69) is 15.6 Å². The fourth-order valence-corrected chi connectivity index (χ4v) is 2.25. The number of hydrogen-bond donors (Lipinski definition) is 2. The van der Waals surface area contributed by atoms with Crippen molar-refractivity contribution < 1.29 is 9.59 Å². The van der Waals surface area contributed by atoms with Crippen LogP contribution in [0.1, 0.15) is 23.0 Å². The van der Waals surface area contributed by atoms with Crippen molar-refractivity contribution >= 4 is 23.1 Å². The molecule has 0 unspecified atom stereocenters. The van der Waals surface area contributed by atoms with Gasteiger partial charge in [0, 0.05) is 30.6 Å². The number of fused-ring (bicyclic) bond motifs is 1. The molecule has 3 rings (SSSR count). The van der Waals surface area contributed by atoms with Gasteiger partial charge in [-0.05, 0) is 36.4 Å². The van der Waals surface area contributed by atoms with Crippen LogP contribution in [0.3, 0.4) is 0 Å². The van der Waals surface area contributed by atoms with Crippen LogP contribution < -0.4 is 10.6 Å². The predicted molar refractivity (Wildman–Crippen MR) is 87.1 cm³/mol. The first-order chi connectivity index (χ1) is 11.1. The molecule has 0 aliphatic heterocycles. The summed E-state index contributed by atoms with van der Waals surface area (Å²) in [6.07, 6.45) is 3.80. The maximum absolute atomic E-state index is 12.1. The molecule has 0 radical (unpaired) electrons. The average Bonchev–Trinajstić information content (AvgIpc) is 2.95. The van der Waals surface area contributed by atoms with Gasteiger partial charge in [0.15, 0.2) is 0 Å². The lowest BCUT2D eigenvalue weighted by atomic mass is 10.2. The van der Waals surface area contributed by atoms with Crippen LogP contribution in [0.4, 0.5) is 5.69 Å². The van der Waals surface area contributed by atoms with Crippen molar-refractivity contribution in [2.75, 3.05) is 5.32 Å². The van der Waals surface area contributed by atoms with Crippen LogP contribution in [-0.2, 0) is 11.3 Å². The Balaban J connectivity index is 1.63. The van der Waals surface area contributed by atoms with Gasteiger partial charge in [-0.2, -0.15) is 0 Å². The first-order valence-corrected chi connectivity index (χ1v) is 7.20. The Kier molecular flexibility index (Phi) is 4.05. The van der Waals surface area contributed by atoms with Crippen LogP contribution in [0.5, 0.6) is 0 Å². The zero-order valence-corrected chi connectivity index (χ0v) is 12.6. The first kappa shape index (κ1) is 14.8. The van der Waals surface area contributed by atoms with E-state index in [-0.39, 0.29) is 11.8 Å². The SMILES string of the molecule is CC(=O)Nc1ccc(C(=O)NCc2cn3ccccc3n2)cc1. The molecule has 6 nitrogen and oxygen atoms in total. The highest BCUT2D eigenvalue weighted by Crippen LogP contribution is 2.10. The van der Waals surface area contributed by atoms with E-state index < -0.39 is 0 Å². The fourth-order valence-electron chi connectivity index (χ4n) is 2.25. The highest BCUT2D eigenvalue weighted by molar-refractivity contribution is 5.95. The van der Waals surface area contributed by atoms with Gasteiger partial charge in [-0.3, -0.25) is 9.59 Å². The monoisotopic (exact) mass is 308 g/mol. The minimum atomic E-state index is -0.184. The zero-order chi connectivity index (χ0) is 16.2. The quantitative estimate of drug-likeness (QED) is 0.776. The molecule has 0 saturated heterocycles. The summed E-state index contributed by atoms with van der Waals surface area (Å²) in [7, 11) is 0. The molecule has 23 heavy (non-hydrogen) atoms. The summed E-state index contributed by atoms with van der Waals surface area (Å²) in [6.45, 7) is 1.80. The Bertz CT molecular complexity index is 819. The van der Waals surface area contributed by atoms with Gasteiger partial charge in [0.25, 0.3) is 5.91 Å². The molecule has 2 heterocycles. The van der Waals surface area contributed by atoms with E-state index in [0.29, 0.717) is 17.8 Å². The number of pyridine rings is 1. The number of amides is 2. The Morgan fingerprint density at radius 2 is 1.91 bits per heavy atom. The van der Waals surface area contributed by atoms with E-state index in [0.717, 1.165) is 11.3 Å². The van der Waals surface area contributed by atoms with Gasteiger partial charge in [0.1, 0.15) is 5.65 Å². The number of carbonyl (C=O) groups is 2. The van der Waals surface area contributed by atoms with Crippen molar-refractivity contribution in [2.24, 2.45) is 0 Å². The highest BCUT2D eigenvalue weighted by Gasteiger charge is 2.07. The molecule has 0 spiro atoms. The van der Waals surface area contributed by atoms with E-state index >= 15 is 0 Å². The molecule has 6 heteroatoms. The Hall–Kier alpha value is -3.15. The molecular weight excluding hydrogens is 292 g/mol. The van der Waals surface area contributed by atoms with Crippen LogP contribution in [0.15, 0.2) is 54.9 Å². The Morgan fingerprint density at radius 3 is 2.61 bits per heavy atom. The van der Waals surface area contributed by atoms with E-state index in [1.54, 1.807) is 24.3 Å². The molecule has 0 aliphatic carbocycles. The average molecular weight is 308 g/mol. The number of nitrogens with zero attached hydrogens (tertiary/aromatic N) is 2. The maximum atomic E-state index is 12.1. The molecule has 0 aliphatic rings. The van der Waals surface area contributed by atoms with Crippen molar-refractivity contribution in [3.8, 4) is 0 Å². The summed E-state index contributed by atoms with van der Waals surface area (Å²) in [5.41, 5.74) is 2.83. The standard InChI is InChI=1S/C17H16N4O2/c1-12(22)19-14-7-5-13(6-8-14)17(23)18-10-15-11-21-9-3-2-4-16(21)20-15/h2-9,11H,10H2,1H3,(H,18,23)(H,19,22). The lowest BCUT2D eigenvalue weighted by Gasteiger charge is -2.05. The highest BCUT2D eigenvalue weighted by atomic mass is 16.2. The van der Waals surface area contributed by atoms with Gasteiger partial charge in [0.2, 0.25) is 5.91 Å². The first-order valence-electron chi connectivity index (χ1n) is 7.20. The van der Waals surface area contributed by atoms with Crippen LogP contribution in [0.2, 0.25) is 0 Å². The Labute approximate surface area is 133 Å². The second-order valence-corrected chi connectivity index (χ2v) is 5.14. The summed E-state index contributed by atoms with van der Waals surface area (Å²) in [6, 6.07) is 12.5. The number of anilines is 1. The van der Waals surface area contributed by atoms with Crippen LogP contribution >= 0.6 is 0 Å². The molecule has 3 aromatic rings. The summed E-state index contributed by atoms with van der Waals surface area (Å²) >= 11 is 0. The number of rotatable bonds is 4. The molecule has 0 bridgehead atoms.